The van der Waals surface area contributed by atoms with Gasteiger partial charge in [0.2, 0.25) is 5.91 Å². The average molecular weight is 395 g/mol. The molecule has 0 bridgehead atoms. The Balaban J connectivity index is 2.16. The second-order valence-corrected chi connectivity index (χ2v) is 5.93. The molecule has 2 aromatic rings. The molecule has 24 heavy (non-hydrogen) atoms. The Labute approximate surface area is 150 Å². The summed E-state index contributed by atoms with van der Waals surface area (Å²) in [5.41, 5.74) is -0.512. The summed E-state index contributed by atoms with van der Waals surface area (Å²) in [7, 11) is 0. The van der Waals surface area contributed by atoms with Crippen LogP contribution in [0.1, 0.15) is 11.1 Å². The van der Waals surface area contributed by atoms with Crippen LogP contribution in [0.15, 0.2) is 42.5 Å². The van der Waals surface area contributed by atoms with Crippen LogP contribution >= 0.6 is 34.8 Å². The quantitative estimate of drug-likeness (QED) is 0.607. The maximum atomic E-state index is 12.7. The zero-order chi connectivity index (χ0) is 17.9. The van der Waals surface area contributed by atoms with Crippen molar-refractivity contribution >= 4 is 52.5 Å². The van der Waals surface area contributed by atoms with E-state index in [2.05, 4.69) is 5.32 Å². The number of benzene rings is 2. The highest BCUT2D eigenvalue weighted by Crippen LogP contribution is 2.33. The smallest absolute Gasteiger partial charge is 0.321 e. The Hall–Kier alpha value is -1.69. The van der Waals surface area contributed by atoms with Crippen molar-refractivity contribution in [3.63, 3.8) is 0 Å². The summed E-state index contributed by atoms with van der Waals surface area (Å²) in [6.07, 6.45) is -1.99. The van der Waals surface area contributed by atoms with Crippen molar-refractivity contribution in [2.45, 2.75) is 6.18 Å². The molecule has 8 heteroatoms. The van der Waals surface area contributed by atoms with Gasteiger partial charge in [-0.25, -0.2) is 0 Å². The number of rotatable bonds is 3. The summed E-state index contributed by atoms with van der Waals surface area (Å²) in [4.78, 5) is 11.9. The molecule has 0 fully saturated rings. The fourth-order valence-corrected chi connectivity index (χ4v) is 2.41. The Morgan fingerprint density at radius 3 is 2.33 bits per heavy atom. The number of carbonyl (C=O) groups is 1. The van der Waals surface area contributed by atoms with Gasteiger partial charge in [0.1, 0.15) is 0 Å². The van der Waals surface area contributed by atoms with E-state index in [1.165, 1.54) is 12.1 Å². The monoisotopic (exact) mass is 393 g/mol. The van der Waals surface area contributed by atoms with E-state index in [0.29, 0.717) is 15.6 Å². The van der Waals surface area contributed by atoms with Gasteiger partial charge in [0.25, 0.3) is 0 Å². The first-order chi connectivity index (χ1) is 11.2. The summed E-state index contributed by atoms with van der Waals surface area (Å²) in [6.45, 7) is 0. The molecule has 0 aliphatic heterocycles. The Morgan fingerprint density at radius 2 is 1.71 bits per heavy atom. The molecule has 0 saturated carbocycles. The van der Waals surface area contributed by atoms with Gasteiger partial charge in [0, 0.05) is 16.1 Å². The van der Waals surface area contributed by atoms with Crippen molar-refractivity contribution in [2.24, 2.45) is 0 Å². The summed E-state index contributed by atoms with van der Waals surface area (Å²) < 4.78 is 38.1. The number of halogens is 6. The Bertz CT molecular complexity index is 804. The van der Waals surface area contributed by atoms with Crippen LogP contribution in [0.5, 0.6) is 0 Å². The fraction of sp³-hybridized carbons (Fsp3) is 0.0625. The minimum Gasteiger partial charge on any atom is -0.321 e. The lowest BCUT2D eigenvalue weighted by Crippen LogP contribution is -2.11. The molecule has 0 aliphatic rings. The standard InChI is InChI=1S/C16H9Cl3F3NO/c17-11-4-1-9(13(19)8-11)2-6-15(24)23-14-7-10(16(20,21)22)3-5-12(14)18/h1-8H,(H,23,24)/b6-2+. The largest absolute Gasteiger partial charge is 0.416 e. The van der Waals surface area contributed by atoms with E-state index in [1.807, 2.05) is 0 Å². The highest BCUT2D eigenvalue weighted by atomic mass is 35.5. The van der Waals surface area contributed by atoms with Gasteiger partial charge in [-0.3, -0.25) is 4.79 Å². The summed E-state index contributed by atoms with van der Waals surface area (Å²) >= 11 is 17.5. The van der Waals surface area contributed by atoms with Gasteiger partial charge in [-0.1, -0.05) is 40.9 Å². The summed E-state index contributed by atoms with van der Waals surface area (Å²) in [5.74, 6) is -0.651. The molecule has 0 spiro atoms. The number of carbonyl (C=O) groups excluding carboxylic acids is 1. The molecule has 0 heterocycles. The van der Waals surface area contributed by atoms with E-state index in [1.54, 1.807) is 12.1 Å². The molecule has 0 saturated heterocycles. The average Bonchev–Trinajstić information content (AvgIpc) is 2.47. The topological polar surface area (TPSA) is 29.1 Å². The van der Waals surface area contributed by atoms with E-state index < -0.39 is 17.6 Å². The lowest BCUT2D eigenvalue weighted by atomic mass is 10.2. The molecule has 0 radical (unpaired) electrons. The molecule has 2 rings (SSSR count). The van der Waals surface area contributed by atoms with Gasteiger partial charge in [-0.2, -0.15) is 13.2 Å². The lowest BCUT2D eigenvalue weighted by molar-refractivity contribution is -0.137. The Kier molecular flexibility index (Phi) is 5.80. The number of nitrogens with one attached hydrogen (secondary N) is 1. The second-order valence-electron chi connectivity index (χ2n) is 4.68. The molecule has 0 unspecified atom stereocenters. The molecule has 0 aliphatic carbocycles. The first kappa shape index (κ1) is 18.6. The molecule has 0 atom stereocenters. The van der Waals surface area contributed by atoms with Crippen molar-refractivity contribution in [2.75, 3.05) is 5.32 Å². The van der Waals surface area contributed by atoms with Crippen LogP contribution in [0, 0.1) is 0 Å². The minimum absolute atomic E-state index is 0.00530. The summed E-state index contributed by atoms with van der Waals surface area (Å²) in [6, 6.07) is 7.37. The van der Waals surface area contributed by atoms with Crippen LogP contribution in [-0.2, 0) is 11.0 Å². The van der Waals surface area contributed by atoms with Crippen molar-refractivity contribution in [1.29, 1.82) is 0 Å². The van der Waals surface area contributed by atoms with Crippen molar-refractivity contribution < 1.29 is 18.0 Å². The number of hydrogen-bond acceptors (Lipinski definition) is 1. The predicted octanol–water partition coefficient (Wildman–Crippen LogP) is 6.32. The highest BCUT2D eigenvalue weighted by Gasteiger charge is 2.31. The van der Waals surface area contributed by atoms with Crippen LogP contribution in [0.2, 0.25) is 15.1 Å². The van der Waals surface area contributed by atoms with E-state index in [9.17, 15) is 18.0 Å². The molecule has 126 valence electrons. The van der Waals surface area contributed by atoms with Gasteiger partial charge < -0.3 is 5.32 Å². The third-order valence-corrected chi connectivity index (χ3v) is 3.82. The second kappa shape index (κ2) is 7.47. The molecule has 0 aromatic heterocycles. The van der Waals surface area contributed by atoms with Crippen LogP contribution in [0.3, 0.4) is 0 Å². The Morgan fingerprint density at radius 1 is 1.00 bits per heavy atom. The SMILES string of the molecule is O=C(/C=C/c1ccc(Cl)cc1Cl)Nc1cc(C(F)(F)F)ccc1Cl. The molecule has 2 nitrogen and oxygen atoms in total. The normalized spacial score (nSPS) is 11.8. The van der Waals surface area contributed by atoms with Gasteiger partial charge in [-0.15, -0.1) is 0 Å². The van der Waals surface area contributed by atoms with E-state index in [0.717, 1.165) is 24.3 Å². The maximum absolute atomic E-state index is 12.7. The molecular weight excluding hydrogens is 386 g/mol. The predicted molar refractivity (Wildman–Crippen MR) is 90.6 cm³/mol. The molecular formula is C16H9Cl3F3NO. The van der Waals surface area contributed by atoms with Gasteiger partial charge in [-0.05, 0) is 42.0 Å². The van der Waals surface area contributed by atoms with Crippen LogP contribution in [0.4, 0.5) is 18.9 Å². The number of alkyl halides is 3. The zero-order valence-corrected chi connectivity index (χ0v) is 14.1. The van der Waals surface area contributed by atoms with Crippen LogP contribution < -0.4 is 5.32 Å². The lowest BCUT2D eigenvalue weighted by Gasteiger charge is -2.10. The third-order valence-electron chi connectivity index (χ3n) is 2.93. The number of anilines is 1. The van der Waals surface area contributed by atoms with Crippen molar-refractivity contribution in [3.8, 4) is 0 Å². The highest BCUT2D eigenvalue weighted by molar-refractivity contribution is 6.35. The number of amides is 1. The van der Waals surface area contributed by atoms with E-state index in [-0.39, 0.29) is 10.7 Å². The molecule has 1 N–H and O–H groups in total. The van der Waals surface area contributed by atoms with Crippen LogP contribution in [-0.4, -0.2) is 5.91 Å². The molecule has 2 aromatic carbocycles. The molecule has 1 amide bonds. The zero-order valence-electron chi connectivity index (χ0n) is 11.8. The summed E-state index contributed by atoms with van der Waals surface area (Å²) in [5, 5.41) is 3.07. The van der Waals surface area contributed by atoms with Crippen molar-refractivity contribution in [3.05, 3.63) is 68.7 Å². The third kappa shape index (κ3) is 4.90. The van der Waals surface area contributed by atoms with Gasteiger partial charge >= 0.3 is 6.18 Å². The van der Waals surface area contributed by atoms with Crippen LogP contribution in [0.25, 0.3) is 6.08 Å². The number of hydrogen-bond donors (Lipinski definition) is 1. The van der Waals surface area contributed by atoms with E-state index in [4.69, 9.17) is 34.8 Å². The first-order valence-corrected chi connectivity index (χ1v) is 7.61. The van der Waals surface area contributed by atoms with E-state index >= 15 is 0 Å². The van der Waals surface area contributed by atoms with Crippen molar-refractivity contribution in [1.82, 2.24) is 0 Å². The first-order valence-electron chi connectivity index (χ1n) is 6.47. The maximum Gasteiger partial charge on any atom is 0.416 e. The van der Waals surface area contributed by atoms with Gasteiger partial charge in [0.05, 0.1) is 16.3 Å². The van der Waals surface area contributed by atoms with Gasteiger partial charge in [0.15, 0.2) is 0 Å². The fourth-order valence-electron chi connectivity index (χ4n) is 1.77. The minimum atomic E-state index is -4.53.